The van der Waals surface area contributed by atoms with Crippen molar-refractivity contribution in [1.82, 2.24) is 0 Å². The maximum Gasteiger partial charge on any atom is 0.247 e. The molecule has 0 N–H and O–H groups in total. The number of allylic oxidation sites excluding steroid dienone is 8. The summed E-state index contributed by atoms with van der Waals surface area (Å²) in [6.07, 6.45) is 32.9. The second-order valence-corrected chi connectivity index (χ2v) is 10.9. The van der Waals surface area contributed by atoms with Crippen LogP contribution in [0, 0.1) is 37.0 Å². The minimum absolute atomic E-state index is 0.127. The number of carbonyl (C=O) groups excluding carboxylic acids is 1. The van der Waals surface area contributed by atoms with E-state index in [1.807, 2.05) is 80.6 Å². The van der Waals surface area contributed by atoms with E-state index in [0.29, 0.717) is 35.2 Å². The van der Waals surface area contributed by atoms with Gasteiger partial charge in [0.1, 0.15) is 47.8 Å². The number of terminal acetylenes is 3. The number of carbonyl (C=O) groups is 1. The lowest BCUT2D eigenvalue weighted by molar-refractivity contribution is -0.120. The molecule has 1 aliphatic heterocycles. The Labute approximate surface area is 290 Å². The molecule has 0 aromatic heterocycles. The predicted molar refractivity (Wildman–Crippen MR) is 196 cm³/mol. The molecule has 1 aliphatic carbocycles. The van der Waals surface area contributed by atoms with Crippen LogP contribution in [0.3, 0.4) is 0 Å². The first-order chi connectivity index (χ1) is 23.8. The molecule has 2 aromatic rings. The lowest BCUT2D eigenvalue weighted by Crippen LogP contribution is -2.43. The van der Waals surface area contributed by atoms with Crippen LogP contribution in [0.1, 0.15) is 31.4 Å². The lowest BCUT2D eigenvalue weighted by atomic mass is 9.68. The number of ether oxygens (including phenoxy) is 4. The Hall–Kier alpha value is -6.29. The first-order valence-corrected chi connectivity index (χ1v) is 15.7. The monoisotopic (exact) mass is 649 g/mol. The third-order valence-electron chi connectivity index (χ3n) is 7.84. The summed E-state index contributed by atoms with van der Waals surface area (Å²) in [6, 6.07) is 15.3. The summed E-state index contributed by atoms with van der Waals surface area (Å²) >= 11 is 0. The van der Waals surface area contributed by atoms with Gasteiger partial charge < -0.3 is 18.9 Å². The lowest BCUT2D eigenvalue weighted by Gasteiger charge is -2.33. The molecule has 0 spiro atoms. The summed E-state index contributed by atoms with van der Waals surface area (Å²) in [5.74, 6) is 10.2. The summed E-state index contributed by atoms with van der Waals surface area (Å²) in [5.41, 5.74) is 2.08. The van der Waals surface area contributed by atoms with Crippen LogP contribution in [0.25, 0.3) is 0 Å². The highest BCUT2D eigenvalue weighted by Crippen LogP contribution is 2.51. The van der Waals surface area contributed by atoms with E-state index in [2.05, 4.69) is 37.0 Å². The number of fused-ring (bicyclic) bond motifs is 1. The van der Waals surface area contributed by atoms with E-state index in [-0.39, 0.29) is 31.8 Å². The van der Waals surface area contributed by atoms with Crippen LogP contribution in [0.2, 0.25) is 0 Å². The fourth-order valence-electron chi connectivity index (χ4n) is 5.58. The van der Waals surface area contributed by atoms with E-state index in [0.717, 1.165) is 22.4 Å². The number of anilines is 1. The molecule has 1 heterocycles. The van der Waals surface area contributed by atoms with Gasteiger partial charge >= 0.3 is 0 Å². The smallest absolute Gasteiger partial charge is 0.247 e. The molecule has 0 radical (unpaired) electrons. The van der Waals surface area contributed by atoms with E-state index >= 15 is 0 Å². The van der Waals surface area contributed by atoms with E-state index in [1.54, 1.807) is 35.3 Å². The molecule has 1 amide bonds. The zero-order chi connectivity index (χ0) is 35.2. The Balaban J connectivity index is 1.67. The number of hydrogen-bond donors (Lipinski definition) is 0. The second kappa shape index (κ2) is 17.0. The number of benzene rings is 2. The average molecular weight is 650 g/mol. The molecule has 4 rings (SSSR count). The van der Waals surface area contributed by atoms with Crippen molar-refractivity contribution in [2.75, 3.05) is 24.7 Å². The van der Waals surface area contributed by atoms with Crippen LogP contribution in [0.5, 0.6) is 5.75 Å². The molecule has 2 aliphatic rings. The number of rotatable bonds is 15. The summed E-state index contributed by atoms with van der Waals surface area (Å²) in [7, 11) is 0. The summed E-state index contributed by atoms with van der Waals surface area (Å²) in [5, 5.41) is 0. The molecular weight excluding hydrogens is 610 g/mol. The molecule has 6 heteroatoms. The molecule has 2 unspecified atom stereocenters. The van der Waals surface area contributed by atoms with Gasteiger partial charge in [0, 0.05) is 17.7 Å². The SMILES string of the molecule is C#CCOC(=C)/C=C\C(=C/C)Oc1ccc(C2(C3=CCC(O/C(C=C)=C/C=C(\C)OCC#C)C=C3)C(=O)N(CC#C)c3ccccc32)cc1. The van der Waals surface area contributed by atoms with Gasteiger partial charge in [0.05, 0.1) is 12.3 Å². The predicted octanol–water partition coefficient (Wildman–Crippen LogP) is 7.85. The largest absolute Gasteiger partial charge is 0.486 e. The second-order valence-electron chi connectivity index (χ2n) is 10.9. The van der Waals surface area contributed by atoms with E-state index in [1.165, 1.54) is 0 Å². The number of hydrogen-bond acceptors (Lipinski definition) is 5. The van der Waals surface area contributed by atoms with Crippen LogP contribution >= 0.6 is 0 Å². The van der Waals surface area contributed by atoms with Crippen molar-refractivity contribution in [3.05, 3.63) is 156 Å². The van der Waals surface area contributed by atoms with Gasteiger partial charge in [-0.25, -0.2) is 0 Å². The topological polar surface area (TPSA) is 57.2 Å². The van der Waals surface area contributed by atoms with Gasteiger partial charge in [-0.1, -0.05) is 73.4 Å². The highest BCUT2D eigenvalue weighted by molar-refractivity contribution is 6.13. The average Bonchev–Trinajstić information content (AvgIpc) is 3.38. The Morgan fingerprint density at radius 1 is 1.00 bits per heavy atom. The normalized spacial score (nSPS) is 18.9. The number of nitrogens with zero attached hydrogens (tertiary/aromatic N) is 1. The number of amides is 1. The third kappa shape index (κ3) is 8.17. The fourth-order valence-corrected chi connectivity index (χ4v) is 5.58. The zero-order valence-corrected chi connectivity index (χ0v) is 27.9. The summed E-state index contributed by atoms with van der Waals surface area (Å²) in [4.78, 5) is 16.3. The molecule has 2 aromatic carbocycles. The van der Waals surface area contributed by atoms with Gasteiger partial charge in [0.25, 0.3) is 0 Å². The van der Waals surface area contributed by atoms with E-state index < -0.39 is 5.41 Å². The highest BCUT2D eigenvalue weighted by atomic mass is 16.5. The molecule has 0 fully saturated rings. The molecule has 246 valence electrons. The van der Waals surface area contributed by atoms with E-state index in [4.69, 9.17) is 38.2 Å². The van der Waals surface area contributed by atoms with Crippen molar-refractivity contribution < 1.29 is 23.7 Å². The van der Waals surface area contributed by atoms with Gasteiger partial charge in [0.2, 0.25) is 5.91 Å². The maximum atomic E-state index is 14.6. The van der Waals surface area contributed by atoms with Crippen molar-refractivity contribution >= 4 is 11.6 Å². The molecule has 2 atom stereocenters. The van der Waals surface area contributed by atoms with Crippen molar-refractivity contribution in [2.24, 2.45) is 0 Å². The Morgan fingerprint density at radius 2 is 1.73 bits per heavy atom. The zero-order valence-electron chi connectivity index (χ0n) is 27.9. The van der Waals surface area contributed by atoms with E-state index in [9.17, 15) is 4.79 Å². The molecule has 6 nitrogen and oxygen atoms in total. The summed E-state index contributed by atoms with van der Waals surface area (Å²) in [6.45, 7) is 11.8. The van der Waals surface area contributed by atoms with Gasteiger partial charge in [-0.2, -0.15) is 0 Å². The van der Waals surface area contributed by atoms with Crippen LogP contribution in [0.15, 0.2) is 145 Å². The van der Waals surface area contributed by atoms with Crippen molar-refractivity contribution in [2.45, 2.75) is 31.8 Å². The molecule has 49 heavy (non-hydrogen) atoms. The van der Waals surface area contributed by atoms with Gasteiger partial charge in [-0.3, -0.25) is 9.69 Å². The van der Waals surface area contributed by atoms with Crippen LogP contribution in [0.4, 0.5) is 5.69 Å². The Bertz CT molecular complexity index is 1880. The van der Waals surface area contributed by atoms with Crippen LogP contribution in [-0.4, -0.2) is 31.8 Å². The van der Waals surface area contributed by atoms with Crippen LogP contribution < -0.4 is 9.64 Å². The first kappa shape index (κ1) is 35.6. The molecular formula is C43H39NO5. The van der Waals surface area contributed by atoms with Gasteiger partial charge in [0.15, 0.2) is 0 Å². The standard InChI is InChI=1S/C43H39NO5/c1-8-29-44-41-16-14-13-15-40(41)43(42(44)45,34-19-25-38(26-20-34)48-36(11-4)23-17-32(6)46-30-9-2)35-21-27-39(28-22-35)49-37(12-5)24-18-33(7)47-31-10-3/h1-3,11-25,27-28,38H,4,7,26,29-31H2,5-6H3/b24-18-,32-17+,36-23+,37-12+. The molecule has 0 saturated carbocycles. The van der Waals surface area contributed by atoms with Crippen molar-refractivity contribution in [1.29, 1.82) is 0 Å². The maximum absolute atomic E-state index is 14.6. The molecule has 0 saturated heterocycles. The summed E-state index contributed by atoms with van der Waals surface area (Å²) < 4.78 is 23.1. The molecule has 0 bridgehead atoms. The number of para-hydroxylation sites is 1. The van der Waals surface area contributed by atoms with Crippen molar-refractivity contribution in [3.8, 4) is 42.8 Å². The van der Waals surface area contributed by atoms with Gasteiger partial charge in [-0.15, -0.1) is 19.3 Å². The Kier molecular flexibility index (Phi) is 12.4. The quantitative estimate of drug-likeness (QED) is 0.112. The Morgan fingerprint density at radius 3 is 2.39 bits per heavy atom. The fraction of sp³-hybridized carbons (Fsp3) is 0.186. The minimum Gasteiger partial charge on any atom is -0.486 e. The third-order valence-corrected chi connectivity index (χ3v) is 7.84. The van der Waals surface area contributed by atoms with Crippen molar-refractivity contribution in [3.63, 3.8) is 0 Å². The highest BCUT2D eigenvalue weighted by Gasteiger charge is 2.54. The van der Waals surface area contributed by atoms with Crippen LogP contribution in [-0.2, 0) is 24.4 Å². The minimum atomic E-state index is -1.14. The van der Waals surface area contributed by atoms with Gasteiger partial charge in [-0.05, 0) is 85.7 Å². The first-order valence-electron chi connectivity index (χ1n) is 15.7.